The highest BCUT2D eigenvalue weighted by molar-refractivity contribution is 6.09. The Balaban J connectivity index is 2.42. The first kappa shape index (κ1) is 20.0. The molecule has 2 aromatic rings. The van der Waals surface area contributed by atoms with Crippen molar-refractivity contribution in [1.82, 2.24) is 0 Å². The van der Waals surface area contributed by atoms with E-state index in [4.69, 9.17) is 9.47 Å². The second-order valence-corrected chi connectivity index (χ2v) is 5.12. The topological polar surface area (TPSA) is 94.1 Å². The normalized spacial score (nSPS) is 10.4. The van der Waals surface area contributed by atoms with E-state index in [0.29, 0.717) is 0 Å². The predicted octanol–water partition coefficient (Wildman–Crippen LogP) is 3.65. The molecule has 2 rings (SSSR count). The van der Waals surface area contributed by atoms with Gasteiger partial charge in [-0.2, -0.15) is 8.78 Å². The van der Waals surface area contributed by atoms with E-state index in [2.05, 4.69) is 10.1 Å². The first-order chi connectivity index (χ1) is 12.9. The molecule has 7 nitrogen and oxygen atoms in total. The van der Waals surface area contributed by atoms with E-state index in [1.807, 2.05) is 0 Å². The average molecular weight is 381 g/mol. The lowest BCUT2D eigenvalue weighted by Gasteiger charge is -2.15. The molecule has 0 saturated carbocycles. The van der Waals surface area contributed by atoms with E-state index in [-0.39, 0.29) is 40.7 Å². The van der Waals surface area contributed by atoms with E-state index in [9.17, 15) is 23.5 Å². The van der Waals surface area contributed by atoms with Crippen LogP contribution in [0.1, 0.15) is 27.6 Å². The summed E-state index contributed by atoms with van der Waals surface area (Å²) in [5, 5.41) is 11.8. The summed E-state index contributed by atoms with van der Waals surface area (Å²) in [6.07, 6.45) is 0. The molecule has 9 heteroatoms. The minimum atomic E-state index is -3.11. The Bertz CT molecular complexity index is 841. The van der Waals surface area contributed by atoms with Crippen molar-refractivity contribution in [2.75, 3.05) is 19.0 Å². The molecule has 0 bridgehead atoms. The highest BCUT2D eigenvalue weighted by Crippen LogP contribution is 2.34. The zero-order valence-corrected chi connectivity index (χ0v) is 14.5. The van der Waals surface area contributed by atoms with Crippen molar-refractivity contribution in [2.24, 2.45) is 0 Å². The van der Waals surface area contributed by atoms with Crippen LogP contribution in [-0.2, 0) is 0 Å². The molecule has 0 aliphatic heterocycles. The smallest absolute Gasteiger partial charge is 0.387 e. The predicted molar refractivity (Wildman–Crippen MR) is 92.1 cm³/mol. The molecular weight excluding hydrogens is 364 g/mol. The number of carboxylic acids is 1. The van der Waals surface area contributed by atoms with Gasteiger partial charge in [0, 0.05) is 12.1 Å². The number of halogens is 2. The van der Waals surface area contributed by atoms with Crippen molar-refractivity contribution in [2.45, 2.75) is 13.5 Å². The van der Waals surface area contributed by atoms with Crippen LogP contribution in [0, 0.1) is 0 Å². The molecule has 0 atom stereocenters. The molecule has 0 saturated heterocycles. The Hall–Kier alpha value is -3.36. The van der Waals surface area contributed by atoms with Crippen LogP contribution in [0.5, 0.6) is 17.2 Å². The summed E-state index contributed by atoms with van der Waals surface area (Å²) in [6.45, 7) is -1.11. The minimum Gasteiger partial charge on any atom is -0.493 e. The van der Waals surface area contributed by atoms with Crippen molar-refractivity contribution in [3.8, 4) is 17.2 Å². The fourth-order valence-electron chi connectivity index (χ4n) is 2.31. The zero-order valence-electron chi connectivity index (χ0n) is 14.5. The van der Waals surface area contributed by atoms with Gasteiger partial charge in [0.25, 0.3) is 5.91 Å². The Labute approximate surface area is 153 Å². The molecule has 0 spiro atoms. The lowest BCUT2D eigenvalue weighted by molar-refractivity contribution is -0.0501. The molecule has 2 N–H and O–H groups in total. The van der Waals surface area contributed by atoms with Crippen molar-refractivity contribution >= 4 is 17.6 Å². The second-order valence-electron chi connectivity index (χ2n) is 5.12. The number of ether oxygens (including phenoxy) is 3. The number of hydrogen-bond donors (Lipinski definition) is 2. The Morgan fingerprint density at radius 2 is 1.81 bits per heavy atom. The van der Waals surface area contributed by atoms with Crippen LogP contribution in [0.3, 0.4) is 0 Å². The SMILES string of the molecule is CCOc1cc(NC(=O)c2ccccc2OC(F)F)c(C(=O)O)cc1OC. The van der Waals surface area contributed by atoms with Gasteiger partial charge in [-0.15, -0.1) is 0 Å². The summed E-state index contributed by atoms with van der Waals surface area (Å²) in [4.78, 5) is 24.0. The first-order valence-electron chi connectivity index (χ1n) is 7.80. The number of nitrogens with one attached hydrogen (secondary N) is 1. The highest BCUT2D eigenvalue weighted by atomic mass is 19.3. The van der Waals surface area contributed by atoms with Crippen molar-refractivity contribution in [1.29, 1.82) is 0 Å². The van der Waals surface area contributed by atoms with Crippen LogP contribution in [0.4, 0.5) is 14.5 Å². The average Bonchev–Trinajstić information content (AvgIpc) is 2.61. The van der Waals surface area contributed by atoms with E-state index >= 15 is 0 Å². The Morgan fingerprint density at radius 3 is 2.41 bits per heavy atom. The summed E-state index contributed by atoms with van der Waals surface area (Å²) in [5.74, 6) is -2.07. The van der Waals surface area contributed by atoms with Crippen LogP contribution >= 0.6 is 0 Å². The number of amides is 1. The summed E-state index contributed by atoms with van der Waals surface area (Å²) >= 11 is 0. The van der Waals surface area contributed by atoms with E-state index in [1.54, 1.807) is 6.92 Å². The van der Waals surface area contributed by atoms with Crippen molar-refractivity contribution in [3.63, 3.8) is 0 Å². The number of carboxylic acid groups (broad SMARTS) is 1. The maximum Gasteiger partial charge on any atom is 0.387 e. The molecule has 0 aliphatic rings. The number of hydrogen-bond acceptors (Lipinski definition) is 5. The lowest BCUT2D eigenvalue weighted by atomic mass is 10.1. The van der Waals surface area contributed by atoms with Gasteiger partial charge in [-0.3, -0.25) is 4.79 Å². The quantitative estimate of drug-likeness (QED) is 0.725. The van der Waals surface area contributed by atoms with Crippen LogP contribution in [0.15, 0.2) is 36.4 Å². The third kappa shape index (κ3) is 4.84. The van der Waals surface area contributed by atoms with Gasteiger partial charge >= 0.3 is 12.6 Å². The second kappa shape index (κ2) is 8.84. The number of alkyl halides is 2. The maximum absolute atomic E-state index is 12.5. The summed E-state index contributed by atoms with van der Waals surface area (Å²) < 4.78 is 39.8. The highest BCUT2D eigenvalue weighted by Gasteiger charge is 2.21. The van der Waals surface area contributed by atoms with Crippen LogP contribution in [0.25, 0.3) is 0 Å². The standard InChI is InChI=1S/C18H17F2NO6/c1-3-26-15-9-12(11(17(23)24)8-14(15)25-2)21-16(22)10-6-4-5-7-13(10)27-18(19)20/h4-9,18H,3H2,1-2H3,(H,21,22)(H,23,24). The third-order valence-corrected chi connectivity index (χ3v) is 3.43. The molecule has 0 radical (unpaired) electrons. The molecule has 27 heavy (non-hydrogen) atoms. The van der Waals surface area contributed by atoms with Crippen LogP contribution < -0.4 is 19.5 Å². The molecule has 144 valence electrons. The molecule has 1 amide bonds. The van der Waals surface area contributed by atoms with Gasteiger partial charge < -0.3 is 24.6 Å². The molecule has 0 aromatic heterocycles. The zero-order chi connectivity index (χ0) is 20.0. The molecule has 2 aromatic carbocycles. The first-order valence-corrected chi connectivity index (χ1v) is 7.80. The molecule has 0 aliphatic carbocycles. The molecule has 0 fully saturated rings. The van der Waals surface area contributed by atoms with E-state index in [1.165, 1.54) is 43.5 Å². The van der Waals surface area contributed by atoms with E-state index in [0.717, 1.165) is 0 Å². The third-order valence-electron chi connectivity index (χ3n) is 3.43. The van der Waals surface area contributed by atoms with Crippen LogP contribution in [0.2, 0.25) is 0 Å². The number of carbonyl (C=O) groups is 2. The van der Waals surface area contributed by atoms with Gasteiger partial charge in [-0.05, 0) is 19.1 Å². The van der Waals surface area contributed by atoms with Gasteiger partial charge in [0.1, 0.15) is 5.75 Å². The van der Waals surface area contributed by atoms with Gasteiger partial charge in [-0.25, -0.2) is 4.79 Å². The van der Waals surface area contributed by atoms with E-state index < -0.39 is 18.5 Å². The monoisotopic (exact) mass is 381 g/mol. The van der Waals surface area contributed by atoms with Crippen LogP contribution in [-0.4, -0.2) is 37.3 Å². The van der Waals surface area contributed by atoms with Crippen molar-refractivity contribution in [3.05, 3.63) is 47.5 Å². The Morgan fingerprint density at radius 1 is 1.11 bits per heavy atom. The summed E-state index contributed by atoms with van der Waals surface area (Å²) in [7, 11) is 1.35. The minimum absolute atomic E-state index is 0.0800. The summed E-state index contributed by atoms with van der Waals surface area (Å²) in [6, 6.07) is 7.87. The number of para-hydroxylation sites is 1. The number of carbonyl (C=O) groups excluding carboxylic acids is 1. The summed E-state index contributed by atoms with van der Waals surface area (Å²) in [5.41, 5.74) is -0.512. The number of methoxy groups -OCH3 is 1. The molecule has 0 unspecified atom stereocenters. The van der Waals surface area contributed by atoms with Gasteiger partial charge in [0.15, 0.2) is 11.5 Å². The van der Waals surface area contributed by atoms with Gasteiger partial charge in [0.05, 0.1) is 30.5 Å². The van der Waals surface area contributed by atoms with Gasteiger partial charge in [-0.1, -0.05) is 12.1 Å². The Kier molecular flexibility index (Phi) is 6.53. The number of aromatic carboxylic acids is 1. The molecular formula is C18H17F2NO6. The number of anilines is 1. The largest absolute Gasteiger partial charge is 0.493 e. The molecule has 0 heterocycles. The number of rotatable bonds is 8. The lowest BCUT2D eigenvalue weighted by Crippen LogP contribution is -2.17. The number of benzene rings is 2. The van der Waals surface area contributed by atoms with Gasteiger partial charge in [0.2, 0.25) is 0 Å². The van der Waals surface area contributed by atoms with Crippen molar-refractivity contribution < 1.29 is 37.7 Å². The fraction of sp³-hybridized carbons (Fsp3) is 0.222. The fourth-order valence-corrected chi connectivity index (χ4v) is 2.31. The maximum atomic E-state index is 12.5.